The Hall–Kier alpha value is -1.54. The van der Waals surface area contributed by atoms with Gasteiger partial charge in [0.05, 0.1) is 37.5 Å². The zero-order valence-corrected chi connectivity index (χ0v) is 16.9. The number of amides is 1. The largest absolute Gasteiger partial charge is 0.497 e. The molecule has 27 heavy (non-hydrogen) atoms. The lowest BCUT2D eigenvalue weighted by Crippen LogP contribution is -2.65. The summed E-state index contributed by atoms with van der Waals surface area (Å²) in [4.78, 5) is 12.9. The number of hydrogen-bond donors (Lipinski definition) is 3. The van der Waals surface area contributed by atoms with E-state index in [9.17, 15) is 9.90 Å². The van der Waals surface area contributed by atoms with Gasteiger partial charge in [-0.05, 0) is 45.0 Å². The Morgan fingerprint density at radius 3 is 2.63 bits per heavy atom. The number of ether oxygens (including phenoxy) is 3. The van der Waals surface area contributed by atoms with Gasteiger partial charge in [-0.3, -0.25) is 4.79 Å². The average Bonchev–Trinajstić information content (AvgIpc) is 2.65. The molecule has 2 fully saturated rings. The van der Waals surface area contributed by atoms with E-state index in [1.807, 2.05) is 6.92 Å². The minimum absolute atomic E-state index is 0. The Kier molecular flexibility index (Phi) is 6.97. The topological polar surface area (TPSA) is 89.1 Å². The van der Waals surface area contributed by atoms with E-state index >= 15 is 0 Å². The van der Waals surface area contributed by atoms with Gasteiger partial charge in [0.25, 0.3) is 5.91 Å². The van der Waals surface area contributed by atoms with Crippen LogP contribution in [0.2, 0.25) is 0 Å². The average molecular weight is 401 g/mol. The molecule has 1 aromatic carbocycles. The summed E-state index contributed by atoms with van der Waals surface area (Å²) in [5.41, 5.74) is -0.652. The molecule has 1 aromatic rings. The zero-order chi connectivity index (χ0) is 18.8. The van der Waals surface area contributed by atoms with Crippen LogP contribution in [0.4, 0.5) is 0 Å². The summed E-state index contributed by atoms with van der Waals surface area (Å²) in [5, 5.41) is 16.9. The first-order valence-corrected chi connectivity index (χ1v) is 8.99. The molecule has 0 unspecified atom stereocenters. The van der Waals surface area contributed by atoms with Crippen LogP contribution in [0, 0.1) is 0 Å². The van der Waals surface area contributed by atoms with Gasteiger partial charge in [0.15, 0.2) is 0 Å². The second-order valence-corrected chi connectivity index (χ2v) is 7.37. The van der Waals surface area contributed by atoms with E-state index in [4.69, 9.17) is 14.2 Å². The Bertz CT molecular complexity index is 666. The van der Waals surface area contributed by atoms with Crippen LogP contribution in [-0.4, -0.2) is 62.2 Å². The van der Waals surface area contributed by atoms with Crippen molar-refractivity contribution in [2.75, 3.05) is 33.9 Å². The highest BCUT2D eigenvalue weighted by atomic mass is 35.5. The molecule has 152 valence electrons. The normalized spacial score (nSPS) is 26.7. The summed E-state index contributed by atoms with van der Waals surface area (Å²) in [5.74, 6) is 0.769. The lowest BCUT2D eigenvalue weighted by molar-refractivity contribution is -0.169. The van der Waals surface area contributed by atoms with Crippen LogP contribution in [-0.2, 0) is 4.74 Å². The van der Waals surface area contributed by atoms with Gasteiger partial charge in [-0.15, -0.1) is 12.4 Å². The molecule has 2 aliphatic heterocycles. The molecule has 2 heterocycles. The number of benzene rings is 1. The summed E-state index contributed by atoms with van der Waals surface area (Å²) >= 11 is 0. The van der Waals surface area contributed by atoms with Crippen molar-refractivity contribution in [2.24, 2.45) is 0 Å². The monoisotopic (exact) mass is 400 g/mol. The molecule has 3 N–H and O–H groups in total. The summed E-state index contributed by atoms with van der Waals surface area (Å²) in [7, 11) is 3.08. The molecular formula is C19H29ClN2O5. The number of rotatable bonds is 4. The van der Waals surface area contributed by atoms with Crippen molar-refractivity contribution in [2.45, 2.75) is 43.4 Å². The third-order valence-electron chi connectivity index (χ3n) is 5.54. The summed E-state index contributed by atoms with van der Waals surface area (Å²) in [6, 6.07) is 5.06. The van der Waals surface area contributed by atoms with Crippen LogP contribution < -0.4 is 20.1 Å². The maximum absolute atomic E-state index is 12.9. The van der Waals surface area contributed by atoms with Crippen molar-refractivity contribution in [1.29, 1.82) is 0 Å². The van der Waals surface area contributed by atoms with E-state index < -0.39 is 11.6 Å². The summed E-state index contributed by atoms with van der Waals surface area (Å²) in [6.45, 7) is 3.87. The third-order valence-corrected chi connectivity index (χ3v) is 5.54. The quantitative estimate of drug-likeness (QED) is 0.710. The lowest BCUT2D eigenvalue weighted by Gasteiger charge is -2.50. The first-order chi connectivity index (χ1) is 12.4. The highest BCUT2D eigenvalue weighted by Crippen LogP contribution is 2.38. The van der Waals surface area contributed by atoms with Crippen LogP contribution >= 0.6 is 12.4 Å². The van der Waals surface area contributed by atoms with Crippen LogP contribution in [0.5, 0.6) is 11.5 Å². The van der Waals surface area contributed by atoms with Crippen molar-refractivity contribution in [3.63, 3.8) is 0 Å². The Labute approximate surface area is 166 Å². The first kappa shape index (κ1) is 21.8. The maximum atomic E-state index is 12.9. The number of halogens is 1. The van der Waals surface area contributed by atoms with Crippen molar-refractivity contribution in [1.82, 2.24) is 10.6 Å². The highest BCUT2D eigenvalue weighted by molar-refractivity contribution is 5.97. The predicted octanol–water partition coefficient (Wildman–Crippen LogP) is 1.52. The SMILES string of the molecule is COc1ccc(C(=O)N[C@@]2(C)CC3(CCNCC3)OC[C@@H]2O)c(OC)c1.Cl. The molecule has 3 rings (SSSR count). The Morgan fingerprint density at radius 2 is 2.00 bits per heavy atom. The van der Waals surface area contributed by atoms with Gasteiger partial charge in [-0.1, -0.05) is 0 Å². The van der Waals surface area contributed by atoms with E-state index in [1.165, 1.54) is 7.11 Å². The van der Waals surface area contributed by atoms with E-state index in [1.54, 1.807) is 25.3 Å². The first-order valence-electron chi connectivity index (χ1n) is 8.99. The fourth-order valence-electron chi connectivity index (χ4n) is 3.92. The minimum atomic E-state index is -0.767. The molecule has 1 spiro atoms. The fraction of sp³-hybridized carbons (Fsp3) is 0.632. The Morgan fingerprint density at radius 1 is 1.30 bits per heavy atom. The van der Waals surface area contributed by atoms with Gasteiger partial charge in [-0.2, -0.15) is 0 Å². The molecule has 1 amide bonds. The molecule has 2 aliphatic rings. The van der Waals surface area contributed by atoms with Gasteiger partial charge in [0.2, 0.25) is 0 Å². The number of piperidine rings is 1. The third kappa shape index (κ3) is 4.48. The zero-order valence-electron chi connectivity index (χ0n) is 16.0. The van der Waals surface area contributed by atoms with Crippen molar-refractivity contribution in [3.8, 4) is 11.5 Å². The number of carbonyl (C=O) groups excluding carboxylic acids is 1. The van der Waals surface area contributed by atoms with Gasteiger partial charge in [0.1, 0.15) is 17.6 Å². The standard InChI is InChI=1S/C19H28N2O5.ClH/c1-18(12-19(26-11-16(18)22)6-8-20-9-7-19)21-17(23)14-5-4-13(24-2)10-15(14)25-3;/h4-5,10,16,20,22H,6-9,11-12H2,1-3H3,(H,21,23);1H/t16-,18-;/m0./s1. The fourth-order valence-corrected chi connectivity index (χ4v) is 3.92. The van der Waals surface area contributed by atoms with E-state index in [0.717, 1.165) is 25.9 Å². The van der Waals surface area contributed by atoms with Crippen LogP contribution in [0.3, 0.4) is 0 Å². The number of methoxy groups -OCH3 is 2. The van der Waals surface area contributed by atoms with Crippen LogP contribution in [0.1, 0.15) is 36.5 Å². The second kappa shape index (κ2) is 8.65. The predicted molar refractivity (Wildman–Crippen MR) is 104 cm³/mol. The molecule has 2 saturated heterocycles. The smallest absolute Gasteiger partial charge is 0.255 e. The van der Waals surface area contributed by atoms with Crippen LogP contribution in [0.25, 0.3) is 0 Å². The number of aliphatic hydroxyl groups is 1. The molecule has 7 nitrogen and oxygen atoms in total. The Balaban J connectivity index is 0.00000261. The molecule has 8 heteroatoms. The second-order valence-electron chi connectivity index (χ2n) is 7.37. The minimum Gasteiger partial charge on any atom is -0.497 e. The van der Waals surface area contributed by atoms with Crippen molar-refractivity contribution < 1.29 is 24.1 Å². The number of carbonyl (C=O) groups is 1. The molecule has 0 saturated carbocycles. The van der Waals surface area contributed by atoms with Crippen LogP contribution in [0.15, 0.2) is 18.2 Å². The van der Waals surface area contributed by atoms with Gasteiger partial charge >= 0.3 is 0 Å². The summed E-state index contributed by atoms with van der Waals surface area (Å²) < 4.78 is 16.5. The number of hydrogen-bond acceptors (Lipinski definition) is 6. The molecular weight excluding hydrogens is 372 g/mol. The van der Waals surface area contributed by atoms with E-state index in [2.05, 4.69) is 10.6 Å². The van der Waals surface area contributed by atoms with Gasteiger partial charge in [0, 0.05) is 12.5 Å². The van der Waals surface area contributed by atoms with Gasteiger partial charge in [-0.25, -0.2) is 0 Å². The van der Waals surface area contributed by atoms with E-state index in [-0.39, 0.29) is 30.5 Å². The number of aliphatic hydroxyl groups excluding tert-OH is 1. The molecule has 0 radical (unpaired) electrons. The van der Waals surface area contributed by atoms with Crippen molar-refractivity contribution >= 4 is 18.3 Å². The lowest BCUT2D eigenvalue weighted by atomic mass is 9.75. The van der Waals surface area contributed by atoms with Gasteiger partial charge < -0.3 is 30.0 Å². The molecule has 0 bridgehead atoms. The highest BCUT2D eigenvalue weighted by Gasteiger charge is 2.49. The summed E-state index contributed by atoms with van der Waals surface area (Å²) in [6.07, 6.45) is 1.55. The molecule has 0 aliphatic carbocycles. The molecule has 0 aromatic heterocycles. The van der Waals surface area contributed by atoms with E-state index in [0.29, 0.717) is 23.5 Å². The maximum Gasteiger partial charge on any atom is 0.255 e. The molecule has 2 atom stereocenters. The van der Waals surface area contributed by atoms with Crippen molar-refractivity contribution in [3.05, 3.63) is 23.8 Å². The number of nitrogens with one attached hydrogen (secondary N) is 2.